The second kappa shape index (κ2) is 7.49. The van der Waals surface area contributed by atoms with Gasteiger partial charge in [-0.15, -0.1) is 0 Å². The van der Waals surface area contributed by atoms with E-state index < -0.39 is 5.91 Å². The molecule has 1 aromatic carbocycles. The number of benzene rings is 1. The topological polar surface area (TPSA) is 61.6 Å². The summed E-state index contributed by atoms with van der Waals surface area (Å²) < 4.78 is 13.9. The number of carbonyl (C=O) groups excluding carboxylic acids is 1. The average molecular weight is 294 g/mol. The first-order valence-corrected chi connectivity index (χ1v) is 7.38. The molecule has 1 saturated heterocycles. The maximum absolute atomic E-state index is 13.9. The largest absolute Gasteiger partial charge is 0.301 e. The van der Waals surface area contributed by atoms with E-state index >= 15 is 0 Å². The summed E-state index contributed by atoms with van der Waals surface area (Å²) in [5.41, 5.74) is 3.00. The van der Waals surface area contributed by atoms with Crippen molar-refractivity contribution in [1.82, 2.24) is 15.2 Å². The average Bonchev–Trinajstić information content (AvgIpc) is 2.51. The molecule has 21 heavy (non-hydrogen) atoms. The Balaban J connectivity index is 1.98. The molecule has 0 atom stereocenters. The fourth-order valence-electron chi connectivity index (χ4n) is 2.65. The molecule has 0 radical (unpaired) electrons. The number of nitrogens with two attached hydrogens (primary N) is 1. The SMILES string of the molecule is CCCN1CCN(Cc2cc(C(=O)NN)ccc2F)CC1. The fraction of sp³-hybridized carbons (Fsp3) is 0.533. The number of nitrogens with one attached hydrogen (secondary N) is 1. The lowest BCUT2D eigenvalue weighted by Crippen LogP contribution is -2.46. The summed E-state index contributed by atoms with van der Waals surface area (Å²) in [6, 6.07) is 4.35. The van der Waals surface area contributed by atoms with Gasteiger partial charge < -0.3 is 4.90 Å². The second-order valence-electron chi connectivity index (χ2n) is 5.40. The van der Waals surface area contributed by atoms with Gasteiger partial charge in [0, 0.05) is 43.9 Å². The van der Waals surface area contributed by atoms with Crippen LogP contribution >= 0.6 is 0 Å². The standard InChI is InChI=1S/C15H23FN4O/c1-2-5-19-6-8-20(9-7-19)11-13-10-12(15(21)18-17)3-4-14(13)16/h3-4,10H,2,5-9,11,17H2,1H3,(H,18,21). The quantitative estimate of drug-likeness (QED) is 0.482. The molecule has 0 bridgehead atoms. The minimum atomic E-state index is -0.399. The van der Waals surface area contributed by atoms with Crippen LogP contribution in [0.25, 0.3) is 0 Å². The van der Waals surface area contributed by atoms with Gasteiger partial charge >= 0.3 is 0 Å². The molecule has 1 fully saturated rings. The van der Waals surface area contributed by atoms with Gasteiger partial charge in [0.25, 0.3) is 5.91 Å². The third kappa shape index (κ3) is 4.23. The number of hydrazine groups is 1. The van der Waals surface area contributed by atoms with Crippen LogP contribution < -0.4 is 11.3 Å². The van der Waals surface area contributed by atoms with Crippen LogP contribution in [0.4, 0.5) is 4.39 Å². The van der Waals surface area contributed by atoms with Crippen LogP contribution in [0.5, 0.6) is 0 Å². The highest BCUT2D eigenvalue weighted by molar-refractivity contribution is 5.93. The number of nitrogen functional groups attached to an aromatic ring is 1. The molecule has 1 aliphatic rings. The van der Waals surface area contributed by atoms with Gasteiger partial charge in [-0.05, 0) is 31.2 Å². The first-order chi connectivity index (χ1) is 10.1. The van der Waals surface area contributed by atoms with Crippen LogP contribution in [0, 0.1) is 5.82 Å². The molecule has 0 saturated carbocycles. The molecule has 0 aliphatic carbocycles. The zero-order valence-corrected chi connectivity index (χ0v) is 12.4. The predicted molar refractivity (Wildman–Crippen MR) is 80.1 cm³/mol. The van der Waals surface area contributed by atoms with Gasteiger partial charge in [0.15, 0.2) is 0 Å². The van der Waals surface area contributed by atoms with Crippen molar-refractivity contribution in [2.75, 3.05) is 32.7 Å². The Bertz CT molecular complexity index is 487. The van der Waals surface area contributed by atoms with Gasteiger partial charge in [-0.25, -0.2) is 10.2 Å². The van der Waals surface area contributed by atoms with Crippen molar-refractivity contribution in [3.63, 3.8) is 0 Å². The Hall–Kier alpha value is -1.50. The molecule has 1 amide bonds. The van der Waals surface area contributed by atoms with E-state index in [0.29, 0.717) is 17.7 Å². The van der Waals surface area contributed by atoms with E-state index in [1.54, 1.807) is 6.07 Å². The van der Waals surface area contributed by atoms with Gasteiger partial charge in [0.05, 0.1) is 0 Å². The van der Waals surface area contributed by atoms with Crippen LogP contribution in [-0.2, 0) is 6.54 Å². The third-order valence-electron chi connectivity index (χ3n) is 3.84. The molecule has 0 unspecified atom stereocenters. The van der Waals surface area contributed by atoms with Gasteiger partial charge in [-0.2, -0.15) is 0 Å². The molecule has 1 aromatic rings. The minimum absolute atomic E-state index is 0.278. The molecule has 0 spiro atoms. The molecule has 3 N–H and O–H groups in total. The number of hydrogen-bond acceptors (Lipinski definition) is 4. The van der Waals surface area contributed by atoms with Gasteiger partial charge in [-0.1, -0.05) is 6.92 Å². The van der Waals surface area contributed by atoms with Crippen LogP contribution in [0.3, 0.4) is 0 Å². The lowest BCUT2D eigenvalue weighted by Gasteiger charge is -2.34. The highest BCUT2D eigenvalue weighted by atomic mass is 19.1. The maximum atomic E-state index is 13.9. The highest BCUT2D eigenvalue weighted by Crippen LogP contribution is 2.15. The van der Waals surface area contributed by atoms with E-state index in [9.17, 15) is 9.18 Å². The van der Waals surface area contributed by atoms with Crippen LogP contribution in [0.15, 0.2) is 18.2 Å². The first kappa shape index (κ1) is 15.9. The van der Waals surface area contributed by atoms with E-state index in [0.717, 1.165) is 39.1 Å². The summed E-state index contributed by atoms with van der Waals surface area (Å²) in [4.78, 5) is 16.1. The summed E-state index contributed by atoms with van der Waals surface area (Å²) in [5.74, 6) is 4.43. The minimum Gasteiger partial charge on any atom is -0.301 e. The van der Waals surface area contributed by atoms with Crippen molar-refractivity contribution in [3.05, 3.63) is 35.1 Å². The van der Waals surface area contributed by atoms with Crippen LogP contribution in [-0.4, -0.2) is 48.4 Å². The van der Waals surface area contributed by atoms with Gasteiger partial charge in [0.1, 0.15) is 5.82 Å². The number of halogens is 1. The number of nitrogens with zero attached hydrogens (tertiary/aromatic N) is 2. The van der Waals surface area contributed by atoms with E-state index in [1.165, 1.54) is 12.1 Å². The van der Waals surface area contributed by atoms with Gasteiger partial charge in [0.2, 0.25) is 0 Å². The van der Waals surface area contributed by atoms with Crippen molar-refractivity contribution in [2.24, 2.45) is 5.84 Å². The van der Waals surface area contributed by atoms with Crippen LogP contribution in [0.1, 0.15) is 29.3 Å². The molecule has 6 heteroatoms. The van der Waals surface area contributed by atoms with Crippen LogP contribution in [0.2, 0.25) is 0 Å². The number of rotatable bonds is 5. The first-order valence-electron chi connectivity index (χ1n) is 7.38. The maximum Gasteiger partial charge on any atom is 0.265 e. The molecule has 1 heterocycles. The van der Waals surface area contributed by atoms with Crippen molar-refractivity contribution in [2.45, 2.75) is 19.9 Å². The zero-order chi connectivity index (χ0) is 15.2. The van der Waals surface area contributed by atoms with Crippen molar-refractivity contribution in [1.29, 1.82) is 0 Å². The molecular weight excluding hydrogens is 271 g/mol. The Morgan fingerprint density at radius 3 is 2.57 bits per heavy atom. The second-order valence-corrected chi connectivity index (χ2v) is 5.40. The number of carbonyl (C=O) groups is 1. The smallest absolute Gasteiger partial charge is 0.265 e. The summed E-state index contributed by atoms with van der Waals surface area (Å²) in [6.07, 6.45) is 1.16. The van der Waals surface area contributed by atoms with E-state index in [2.05, 4.69) is 22.1 Å². The molecule has 2 rings (SSSR count). The number of hydrogen-bond donors (Lipinski definition) is 2. The molecule has 116 valence electrons. The van der Waals surface area contributed by atoms with Crippen molar-refractivity contribution in [3.8, 4) is 0 Å². The Morgan fingerprint density at radius 2 is 1.95 bits per heavy atom. The Kier molecular flexibility index (Phi) is 5.67. The monoisotopic (exact) mass is 294 g/mol. The fourth-order valence-corrected chi connectivity index (χ4v) is 2.65. The summed E-state index contributed by atoms with van der Waals surface area (Å²) in [7, 11) is 0. The van der Waals surface area contributed by atoms with Gasteiger partial charge in [-0.3, -0.25) is 15.1 Å². The molecule has 1 aliphatic heterocycles. The Labute approximate surface area is 124 Å². The zero-order valence-electron chi connectivity index (χ0n) is 12.4. The van der Waals surface area contributed by atoms with E-state index in [1.807, 2.05) is 0 Å². The normalized spacial score (nSPS) is 16.9. The summed E-state index contributed by atoms with van der Waals surface area (Å²) in [5, 5.41) is 0. The van der Waals surface area contributed by atoms with Crippen molar-refractivity contribution < 1.29 is 9.18 Å². The number of piperazine rings is 1. The molecular formula is C15H23FN4O. The Morgan fingerprint density at radius 1 is 1.29 bits per heavy atom. The molecule has 0 aromatic heterocycles. The highest BCUT2D eigenvalue weighted by Gasteiger charge is 2.18. The lowest BCUT2D eigenvalue weighted by molar-refractivity contribution is 0.0953. The molecule has 5 nitrogen and oxygen atoms in total. The number of amides is 1. The van der Waals surface area contributed by atoms with E-state index in [4.69, 9.17) is 5.84 Å². The third-order valence-corrected chi connectivity index (χ3v) is 3.84. The predicted octanol–water partition coefficient (Wildman–Crippen LogP) is 0.957. The summed E-state index contributed by atoms with van der Waals surface area (Å²) in [6.45, 7) is 7.69. The van der Waals surface area contributed by atoms with Crippen molar-refractivity contribution >= 4 is 5.91 Å². The summed E-state index contributed by atoms with van der Waals surface area (Å²) >= 11 is 0. The van der Waals surface area contributed by atoms with E-state index in [-0.39, 0.29) is 5.82 Å². The lowest BCUT2D eigenvalue weighted by atomic mass is 10.1.